The van der Waals surface area contributed by atoms with Gasteiger partial charge in [-0.05, 0) is 36.4 Å². The third kappa shape index (κ3) is 5.07. The number of carbonyl (C=O) groups is 3. The highest BCUT2D eigenvalue weighted by atomic mass is 16.5. The molecule has 0 bridgehead atoms. The molecule has 0 heterocycles. The molecule has 0 aromatic heterocycles. The number of anilines is 1. The summed E-state index contributed by atoms with van der Waals surface area (Å²) < 4.78 is 14.6. The molecule has 0 atom stereocenters. The van der Waals surface area contributed by atoms with Crippen LogP contribution in [0.3, 0.4) is 0 Å². The van der Waals surface area contributed by atoms with Gasteiger partial charge in [0.05, 0.1) is 25.3 Å². The summed E-state index contributed by atoms with van der Waals surface area (Å²) in [6.45, 7) is -0.436. The molecule has 7 nitrogen and oxygen atoms in total. The van der Waals surface area contributed by atoms with Gasteiger partial charge in [-0.1, -0.05) is 6.07 Å². The highest BCUT2D eigenvalue weighted by Crippen LogP contribution is 2.16. The van der Waals surface area contributed by atoms with Crippen LogP contribution in [0.5, 0.6) is 5.75 Å². The lowest BCUT2D eigenvalue weighted by molar-refractivity contribution is -0.119. The first-order valence-corrected chi connectivity index (χ1v) is 7.33. The first-order valence-electron chi connectivity index (χ1n) is 7.33. The van der Waals surface area contributed by atoms with Gasteiger partial charge in [-0.3, -0.25) is 4.79 Å². The second-order valence-corrected chi connectivity index (χ2v) is 4.93. The van der Waals surface area contributed by atoms with E-state index in [1.165, 1.54) is 38.5 Å². The molecular formula is C18H17NO6. The molecule has 25 heavy (non-hydrogen) atoms. The minimum atomic E-state index is -0.669. The normalized spacial score (nSPS) is 9.84. The second kappa shape index (κ2) is 8.49. The molecule has 0 aliphatic rings. The van der Waals surface area contributed by atoms with Gasteiger partial charge < -0.3 is 19.5 Å². The number of nitrogens with one attached hydrogen (secondary N) is 1. The third-order valence-corrected chi connectivity index (χ3v) is 3.23. The van der Waals surface area contributed by atoms with E-state index in [0.29, 0.717) is 17.0 Å². The fourth-order valence-corrected chi connectivity index (χ4v) is 1.97. The standard InChI is InChI=1S/C18H17NO6/c1-23-15-5-3-4-14(10-15)19-16(20)11-25-18(22)13-8-6-12(7-9-13)17(21)24-2/h3-10H,11H2,1-2H3,(H,19,20). The maximum Gasteiger partial charge on any atom is 0.338 e. The van der Waals surface area contributed by atoms with Gasteiger partial charge in [0.2, 0.25) is 0 Å². The highest BCUT2D eigenvalue weighted by Gasteiger charge is 2.12. The van der Waals surface area contributed by atoms with Gasteiger partial charge in [-0.2, -0.15) is 0 Å². The van der Waals surface area contributed by atoms with E-state index < -0.39 is 24.5 Å². The Bertz CT molecular complexity index is 769. The van der Waals surface area contributed by atoms with E-state index in [2.05, 4.69) is 10.1 Å². The zero-order chi connectivity index (χ0) is 18.2. The molecule has 0 spiro atoms. The Morgan fingerprint density at radius 1 is 0.920 bits per heavy atom. The Morgan fingerprint density at radius 3 is 2.16 bits per heavy atom. The topological polar surface area (TPSA) is 90.9 Å². The number of rotatable bonds is 6. The van der Waals surface area contributed by atoms with E-state index >= 15 is 0 Å². The Balaban J connectivity index is 1.88. The second-order valence-electron chi connectivity index (χ2n) is 4.93. The van der Waals surface area contributed by atoms with E-state index in [4.69, 9.17) is 9.47 Å². The number of hydrogen-bond acceptors (Lipinski definition) is 6. The van der Waals surface area contributed by atoms with Crippen LogP contribution in [-0.2, 0) is 14.3 Å². The summed E-state index contributed by atoms with van der Waals surface area (Å²) in [7, 11) is 2.79. The maximum atomic E-state index is 11.9. The predicted octanol–water partition coefficient (Wildman–Crippen LogP) is 2.28. The average molecular weight is 343 g/mol. The molecule has 1 amide bonds. The number of hydrogen-bond donors (Lipinski definition) is 1. The van der Waals surface area contributed by atoms with Crippen LogP contribution in [0, 0.1) is 0 Å². The van der Waals surface area contributed by atoms with Crippen molar-refractivity contribution in [2.75, 3.05) is 26.1 Å². The molecule has 0 unspecified atom stereocenters. The van der Waals surface area contributed by atoms with Crippen molar-refractivity contribution in [1.29, 1.82) is 0 Å². The first kappa shape index (κ1) is 18.0. The SMILES string of the molecule is COC(=O)c1ccc(C(=O)OCC(=O)Nc2cccc(OC)c2)cc1. The van der Waals surface area contributed by atoms with Gasteiger partial charge in [0.15, 0.2) is 6.61 Å². The molecule has 0 radical (unpaired) electrons. The lowest BCUT2D eigenvalue weighted by Crippen LogP contribution is -2.21. The van der Waals surface area contributed by atoms with Gasteiger partial charge in [-0.15, -0.1) is 0 Å². The van der Waals surface area contributed by atoms with Crippen molar-refractivity contribution in [1.82, 2.24) is 0 Å². The molecule has 130 valence electrons. The van der Waals surface area contributed by atoms with Crippen LogP contribution < -0.4 is 10.1 Å². The van der Waals surface area contributed by atoms with Crippen molar-refractivity contribution in [3.8, 4) is 5.75 Å². The van der Waals surface area contributed by atoms with Crippen molar-refractivity contribution < 1.29 is 28.6 Å². The van der Waals surface area contributed by atoms with Crippen molar-refractivity contribution >= 4 is 23.5 Å². The molecule has 0 aliphatic carbocycles. The molecule has 0 aliphatic heterocycles. The molecule has 1 N–H and O–H groups in total. The fraction of sp³-hybridized carbons (Fsp3) is 0.167. The molecule has 7 heteroatoms. The number of esters is 2. The Morgan fingerprint density at radius 2 is 1.56 bits per heavy atom. The first-order chi connectivity index (χ1) is 12.0. The lowest BCUT2D eigenvalue weighted by atomic mass is 10.1. The van der Waals surface area contributed by atoms with Crippen LogP contribution >= 0.6 is 0 Å². The zero-order valence-corrected chi connectivity index (χ0v) is 13.8. The molecular weight excluding hydrogens is 326 g/mol. The summed E-state index contributed by atoms with van der Waals surface area (Å²) in [6.07, 6.45) is 0. The van der Waals surface area contributed by atoms with Crippen molar-refractivity contribution in [2.45, 2.75) is 0 Å². The molecule has 2 rings (SSSR count). The van der Waals surface area contributed by atoms with Crippen molar-refractivity contribution in [3.05, 3.63) is 59.7 Å². The van der Waals surface area contributed by atoms with E-state index in [9.17, 15) is 14.4 Å². The van der Waals surface area contributed by atoms with E-state index in [1.54, 1.807) is 24.3 Å². The van der Waals surface area contributed by atoms with Crippen LogP contribution in [0.4, 0.5) is 5.69 Å². The number of methoxy groups -OCH3 is 2. The number of benzene rings is 2. The molecule has 0 saturated heterocycles. The fourth-order valence-electron chi connectivity index (χ4n) is 1.97. The van der Waals surface area contributed by atoms with E-state index in [-0.39, 0.29) is 5.56 Å². The minimum Gasteiger partial charge on any atom is -0.497 e. The van der Waals surface area contributed by atoms with E-state index in [0.717, 1.165) is 0 Å². The summed E-state index contributed by atoms with van der Waals surface area (Å²) in [4.78, 5) is 35.1. The Hall–Kier alpha value is -3.35. The van der Waals surface area contributed by atoms with Crippen LogP contribution in [0.1, 0.15) is 20.7 Å². The van der Waals surface area contributed by atoms with Crippen molar-refractivity contribution in [2.24, 2.45) is 0 Å². The quantitative estimate of drug-likeness (QED) is 0.809. The summed E-state index contributed by atoms with van der Waals surface area (Å²) in [5.41, 5.74) is 1.07. The smallest absolute Gasteiger partial charge is 0.338 e. The summed E-state index contributed by atoms with van der Waals surface area (Å²) in [5.74, 6) is -1.05. The summed E-state index contributed by atoms with van der Waals surface area (Å²) in [6, 6.07) is 12.5. The third-order valence-electron chi connectivity index (χ3n) is 3.23. The van der Waals surface area contributed by atoms with Crippen LogP contribution in [0.25, 0.3) is 0 Å². The van der Waals surface area contributed by atoms with Gasteiger partial charge >= 0.3 is 11.9 Å². The van der Waals surface area contributed by atoms with Crippen molar-refractivity contribution in [3.63, 3.8) is 0 Å². The number of ether oxygens (including phenoxy) is 3. The average Bonchev–Trinajstić information content (AvgIpc) is 2.65. The summed E-state index contributed by atoms with van der Waals surface area (Å²) >= 11 is 0. The maximum absolute atomic E-state index is 11.9. The summed E-state index contributed by atoms with van der Waals surface area (Å²) in [5, 5.41) is 2.60. The van der Waals surface area contributed by atoms with E-state index in [1.807, 2.05) is 0 Å². The molecule has 0 saturated carbocycles. The van der Waals surface area contributed by atoms with Gasteiger partial charge in [-0.25, -0.2) is 9.59 Å². The predicted molar refractivity (Wildman–Crippen MR) is 89.7 cm³/mol. The molecule has 0 fully saturated rings. The van der Waals surface area contributed by atoms with Crippen LogP contribution in [0.15, 0.2) is 48.5 Å². The lowest BCUT2D eigenvalue weighted by Gasteiger charge is -2.08. The zero-order valence-electron chi connectivity index (χ0n) is 13.8. The number of amides is 1. The van der Waals surface area contributed by atoms with Gasteiger partial charge in [0.1, 0.15) is 5.75 Å². The van der Waals surface area contributed by atoms with Gasteiger partial charge in [0.25, 0.3) is 5.91 Å². The van der Waals surface area contributed by atoms with Crippen LogP contribution in [-0.4, -0.2) is 38.7 Å². The molecule has 2 aromatic rings. The molecule has 2 aromatic carbocycles. The Labute approximate surface area is 144 Å². The minimum absolute atomic E-state index is 0.224. The largest absolute Gasteiger partial charge is 0.497 e. The monoisotopic (exact) mass is 343 g/mol. The van der Waals surface area contributed by atoms with Crippen LogP contribution in [0.2, 0.25) is 0 Å². The number of carbonyl (C=O) groups excluding carboxylic acids is 3. The van der Waals surface area contributed by atoms with Gasteiger partial charge in [0, 0.05) is 11.8 Å². The highest BCUT2D eigenvalue weighted by molar-refractivity contribution is 5.96. The Kier molecular flexibility index (Phi) is 6.11.